The molecular formula is C15H22N4O3. The summed E-state index contributed by atoms with van der Waals surface area (Å²) in [5, 5.41) is 0. The number of fused-ring (bicyclic) bond motifs is 1. The van der Waals surface area contributed by atoms with Crippen LogP contribution in [0.2, 0.25) is 0 Å². The number of aromatic nitrogens is 2. The minimum Gasteiger partial charge on any atom is -0.374 e. The molecule has 2 atom stereocenters. The zero-order valence-electron chi connectivity index (χ0n) is 12.9. The largest absolute Gasteiger partial charge is 0.374 e. The number of amides is 1. The van der Waals surface area contributed by atoms with Crippen LogP contribution in [0.15, 0.2) is 23.4 Å². The molecule has 0 bridgehead atoms. The number of hydrogen-bond donors (Lipinski definition) is 0. The second-order valence-corrected chi connectivity index (χ2v) is 5.98. The van der Waals surface area contributed by atoms with Gasteiger partial charge in [-0.15, -0.1) is 0 Å². The molecule has 0 aromatic carbocycles. The maximum absolute atomic E-state index is 12.6. The molecule has 0 spiro atoms. The van der Waals surface area contributed by atoms with E-state index in [0.717, 1.165) is 19.5 Å². The third kappa shape index (κ3) is 3.20. The van der Waals surface area contributed by atoms with E-state index in [-0.39, 0.29) is 23.6 Å². The number of nitrogens with zero attached hydrogens (tertiary/aromatic N) is 4. The van der Waals surface area contributed by atoms with Crippen molar-refractivity contribution in [2.75, 3.05) is 33.3 Å². The normalized spacial score (nSPS) is 25.8. The fraction of sp³-hybridized carbons (Fsp3) is 0.667. The Hall–Kier alpha value is -1.73. The Morgan fingerprint density at radius 3 is 3.14 bits per heavy atom. The second kappa shape index (κ2) is 6.58. The van der Waals surface area contributed by atoms with Crippen LogP contribution < -0.4 is 5.56 Å². The summed E-state index contributed by atoms with van der Waals surface area (Å²) in [6.07, 6.45) is 4.37. The van der Waals surface area contributed by atoms with Gasteiger partial charge in [-0.05, 0) is 13.5 Å². The minimum absolute atomic E-state index is 0.0874. The van der Waals surface area contributed by atoms with Crippen molar-refractivity contribution in [2.45, 2.75) is 31.5 Å². The molecule has 1 amide bonds. The van der Waals surface area contributed by atoms with E-state index in [4.69, 9.17) is 4.74 Å². The fourth-order valence-electron chi connectivity index (χ4n) is 3.25. The highest BCUT2D eigenvalue weighted by Crippen LogP contribution is 2.23. The van der Waals surface area contributed by atoms with Gasteiger partial charge in [-0.25, -0.2) is 4.98 Å². The van der Waals surface area contributed by atoms with Crippen LogP contribution in [0.3, 0.4) is 0 Å². The van der Waals surface area contributed by atoms with Gasteiger partial charge in [-0.3, -0.25) is 14.2 Å². The van der Waals surface area contributed by atoms with E-state index in [1.54, 1.807) is 0 Å². The van der Waals surface area contributed by atoms with Gasteiger partial charge in [0, 0.05) is 44.9 Å². The lowest BCUT2D eigenvalue weighted by molar-refractivity contribution is -0.152. The maximum Gasteiger partial charge on any atom is 0.253 e. The number of rotatable bonds is 3. The number of carbonyl (C=O) groups is 1. The number of hydrogen-bond acceptors (Lipinski definition) is 5. The first-order valence-electron chi connectivity index (χ1n) is 7.75. The van der Waals surface area contributed by atoms with Gasteiger partial charge >= 0.3 is 0 Å². The summed E-state index contributed by atoms with van der Waals surface area (Å²) in [5.74, 6) is 0.0874. The van der Waals surface area contributed by atoms with Crippen molar-refractivity contribution in [3.63, 3.8) is 0 Å². The number of morpholine rings is 1. The number of carbonyl (C=O) groups excluding carboxylic acids is 1. The van der Waals surface area contributed by atoms with E-state index < -0.39 is 0 Å². The smallest absolute Gasteiger partial charge is 0.253 e. The average molecular weight is 306 g/mol. The van der Waals surface area contributed by atoms with E-state index in [1.807, 2.05) is 4.90 Å². The number of ether oxygens (including phenoxy) is 1. The van der Waals surface area contributed by atoms with Gasteiger partial charge in [0.05, 0.1) is 25.1 Å². The van der Waals surface area contributed by atoms with Crippen molar-refractivity contribution in [2.24, 2.45) is 0 Å². The van der Waals surface area contributed by atoms with E-state index in [1.165, 1.54) is 23.2 Å². The summed E-state index contributed by atoms with van der Waals surface area (Å²) in [7, 11) is 2.07. The molecule has 1 aromatic heterocycles. The molecule has 2 fully saturated rings. The van der Waals surface area contributed by atoms with Gasteiger partial charge in [0.1, 0.15) is 0 Å². The zero-order chi connectivity index (χ0) is 15.5. The summed E-state index contributed by atoms with van der Waals surface area (Å²) >= 11 is 0. The molecule has 0 N–H and O–H groups in total. The molecular weight excluding hydrogens is 284 g/mol. The monoisotopic (exact) mass is 306 g/mol. The molecule has 1 aromatic rings. The molecule has 120 valence electrons. The first-order valence-corrected chi connectivity index (χ1v) is 7.75. The predicted octanol–water partition coefficient (Wildman–Crippen LogP) is -0.435. The molecule has 0 unspecified atom stereocenters. The van der Waals surface area contributed by atoms with Gasteiger partial charge in [0.25, 0.3) is 5.56 Å². The molecule has 3 rings (SSSR count). The number of piperidine rings is 1. The molecule has 7 nitrogen and oxygen atoms in total. The average Bonchev–Trinajstić information content (AvgIpc) is 2.53. The van der Waals surface area contributed by atoms with Crippen LogP contribution in [0.4, 0.5) is 0 Å². The van der Waals surface area contributed by atoms with Crippen molar-refractivity contribution in [1.29, 1.82) is 0 Å². The van der Waals surface area contributed by atoms with E-state index in [2.05, 4.69) is 16.9 Å². The number of likely N-dealkylation sites (N-methyl/N-ethyl adjacent to an activating group) is 1. The summed E-state index contributed by atoms with van der Waals surface area (Å²) < 4.78 is 7.28. The molecule has 3 heterocycles. The lowest BCUT2D eigenvalue weighted by Gasteiger charge is -2.46. The van der Waals surface area contributed by atoms with E-state index in [9.17, 15) is 9.59 Å². The van der Waals surface area contributed by atoms with E-state index >= 15 is 0 Å². The predicted molar refractivity (Wildman–Crippen MR) is 80.5 cm³/mol. The summed E-state index contributed by atoms with van der Waals surface area (Å²) in [6, 6.07) is 1.54. The van der Waals surface area contributed by atoms with Crippen LogP contribution >= 0.6 is 0 Å². The second-order valence-electron chi connectivity index (χ2n) is 5.98. The first kappa shape index (κ1) is 15.2. The first-order chi connectivity index (χ1) is 10.6. The Kier molecular flexibility index (Phi) is 4.54. The van der Waals surface area contributed by atoms with Crippen LogP contribution in [0.25, 0.3) is 0 Å². The lowest BCUT2D eigenvalue weighted by Crippen LogP contribution is -2.60. The van der Waals surface area contributed by atoms with Crippen LogP contribution in [0.1, 0.15) is 12.8 Å². The topological polar surface area (TPSA) is 67.7 Å². The van der Waals surface area contributed by atoms with Crippen LogP contribution in [0, 0.1) is 0 Å². The number of aryl methyl sites for hydroxylation is 1. The molecule has 2 saturated heterocycles. The standard InChI is InChI=1S/C15H22N4O3/c1-17-6-3-13-12(10-17)19(8-9-22-13)15(21)4-7-18-11-16-5-2-14(18)20/h2,5,11-13H,3-4,6-10H2,1H3/t12-,13-/m0/s1. The summed E-state index contributed by atoms with van der Waals surface area (Å²) in [6.45, 7) is 3.47. The fourth-order valence-corrected chi connectivity index (χ4v) is 3.25. The third-order valence-electron chi connectivity index (χ3n) is 4.47. The molecule has 0 radical (unpaired) electrons. The lowest BCUT2D eigenvalue weighted by atomic mass is 9.99. The Balaban J connectivity index is 1.63. The summed E-state index contributed by atoms with van der Waals surface area (Å²) in [4.78, 5) is 32.3. The molecule has 0 aliphatic carbocycles. The van der Waals surface area contributed by atoms with Crippen molar-refractivity contribution in [1.82, 2.24) is 19.4 Å². The van der Waals surface area contributed by atoms with Crippen molar-refractivity contribution < 1.29 is 9.53 Å². The van der Waals surface area contributed by atoms with Crippen molar-refractivity contribution in [3.05, 3.63) is 28.9 Å². The van der Waals surface area contributed by atoms with Gasteiger partial charge in [0.15, 0.2) is 0 Å². The Morgan fingerprint density at radius 2 is 2.32 bits per heavy atom. The SMILES string of the molecule is CN1CC[C@@H]2OCCN(C(=O)CCn3cnccc3=O)[C@H]2C1. The zero-order valence-corrected chi connectivity index (χ0v) is 12.9. The quantitative estimate of drug-likeness (QED) is 0.758. The molecule has 22 heavy (non-hydrogen) atoms. The Labute approximate surface area is 129 Å². The minimum atomic E-state index is -0.125. The van der Waals surface area contributed by atoms with Crippen molar-refractivity contribution in [3.8, 4) is 0 Å². The van der Waals surface area contributed by atoms with Gasteiger partial charge in [0.2, 0.25) is 5.91 Å². The molecule has 2 aliphatic rings. The van der Waals surface area contributed by atoms with Crippen LogP contribution in [-0.4, -0.2) is 70.7 Å². The van der Waals surface area contributed by atoms with Crippen LogP contribution in [-0.2, 0) is 16.1 Å². The highest BCUT2D eigenvalue weighted by atomic mass is 16.5. The van der Waals surface area contributed by atoms with Crippen LogP contribution in [0.5, 0.6) is 0 Å². The van der Waals surface area contributed by atoms with Crippen molar-refractivity contribution >= 4 is 5.91 Å². The molecule has 7 heteroatoms. The van der Waals surface area contributed by atoms with E-state index in [0.29, 0.717) is 26.1 Å². The Morgan fingerprint density at radius 1 is 1.45 bits per heavy atom. The highest BCUT2D eigenvalue weighted by Gasteiger charge is 2.38. The molecule has 2 aliphatic heterocycles. The van der Waals surface area contributed by atoms with Gasteiger partial charge in [-0.2, -0.15) is 0 Å². The summed E-state index contributed by atoms with van der Waals surface area (Å²) in [5.41, 5.74) is -0.125. The third-order valence-corrected chi connectivity index (χ3v) is 4.47. The Bertz CT molecular complexity index is 588. The number of likely N-dealkylation sites (tertiary alicyclic amines) is 1. The van der Waals surface area contributed by atoms with Gasteiger partial charge in [-0.1, -0.05) is 0 Å². The van der Waals surface area contributed by atoms with Gasteiger partial charge < -0.3 is 14.5 Å². The highest BCUT2D eigenvalue weighted by molar-refractivity contribution is 5.76. The molecule has 0 saturated carbocycles. The maximum atomic E-state index is 12.6.